The van der Waals surface area contributed by atoms with Crippen LogP contribution in [-0.2, 0) is 12.7 Å². The van der Waals surface area contributed by atoms with E-state index in [1.807, 2.05) is 0 Å². The monoisotopic (exact) mass is 286 g/mol. The summed E-state index contributed by atoms with van der Waals surface area (Å²) in [5, 5.41) is 3.18. The van der Waals surface area contributed by atoms with E-state index in [1.165, 1.54) is 12.5 Å². The third kappa shape index (κ3) is 3.73. The number of halogens is 3. The zero-order chi connectivity index (χ0) is 14.6. The molecule has 2 rings (SSSR count). The third-order valence-corrected chi connectivity index (χ3v) is 3.92. The molecule has 0 amide bonds. The molecule has 1 N–H and O–H groups in total. The Morgan fingerprint density at radius 2 is 2.05 bits per heavy atom. The highest BCUT2D eigenvalue weighted by atomic mass is 19.4. The van der Waals surface area contributed by atoms with Crippen LogP contribution in [0.3, 0.4) is 0 Å². The third-order valence-electron chi connectivity index (χ3n) is 3.92. The Hall–Kier alpha value is -1.07. The van der Waals surface area contributed by atoms with Gasteiger partial charge in [-0.3, -0.25) is 4.90 Å². The molecule has 0 spiro atoms. The lowest BCUT2D eigenvalue weighted by Gasteiger charge is -2.23. The molecular formula is C15H21F3N2. The average molecular weight is 286 g/mol. The van der Waals surface area contributed by atoms with Crippen LogP contribution in [0.15, 0.2) is 24.3 Å². The van der Waals surface area contributed by atoms with Crippen LogP contribution in [0.1, 0.15) is 30.9 Å². The van der Waals surface area contributed by atoms with Gasteiger partial charge in [0.15, 0.2) is 0 Å². The molecule has 5 heteroatoms. The van der Waals surface area contributed by atoms with E-state index in [4.69, 9.17) is 0 Å². The number of hydrogen-bond acceptors (Lipinski definition) is 2. The highest BCUT2D eigenvalue weighted by molar-refractivity contribution is 5.29. The molecule has 1 aliphatic heterocycles. The fraction of sp³-hybridized carbons (Fsp3) is 0.600. The number of likely N-dealkylation sites (tertiary alicyclic amines) is 1. The van der Waals surface area contributed by atoms with Crippen molar-refractivity contribution in [2.75, 3.05) is 19.6 Å². The van der Waals surface area contributed by atoms with Crippen molar-refractivity contribution in [1.82, 2.24) is 10.2 Å². The number of hydrogen-bond donors (Lipinski definition) is 1. The number of rotatable bonds is 5. The van der Waals surface area contributed by atoms with Crippen molar-refractivity contribution in [2.45, 2.75) is 38.5 Å². The summed E-state index contributed by atoms with van der Waals surface area (Å²) in [5.41, 5.74) is -0.215. The smallest absolute Gasteiger partial charge is 0.311 e. The number of alkyl halides is 3. The molecule has 0 aliphatic carbocycles. The molecule has 1 fully saturated rings. The van der Waals surface area contributed by atoms with Gasteiger partial charge in [0.05, 0.1) is 5.56 Å². The zero-order valence-corrected chi connectivity index (χ0v) is 11.7. The van der Waals surface area contributed by atoms with Crippen LogP contribution in [0.5, 0.6) is 0 Å². The first-order valence-electron chi connectivity index (χ1n) is 7.12. The molecule has 2 nitrogen and oxygen atoms in total. The van der Waals surface area contributed by atoms with Gasteiger partial charge in [0, 0.05) is 19.1 Å². The second-order valence-corrected chi connectivity index (χ2v) is 5.21. The van der Waals surface area contributed by atoms with Gasteiger partial charge in [-0.05, 0) is 37.6 Å². The molecular weight excluding hydrogens is 265 g/mol. The molecule has 0 aromatic heterocycles. The lowest BCUT2D eigenvalue weighted by molar-refractivity contribution is -0.138. The van der Waals surface area contributed by atoms with Gasteiger partial charge in [-0.25, -0.2) is 0 Å². The van der Waals surface area contributed by atoms with Gasteiger partial charge in [-0.2, -0.15) is 13.2 Å². The summed E-state index contributed by atoms with van der Waals surface area (Å²) >= 11 is 0. The van der Waals surface area contributed by atoms with E-state index in [-0.39, 0.29) is 6.54 Å². The summed E-state index contributed by atoms with van der Waals surface area (Å²) in [5.74, 6) is 0. The van der Waals surface area contributed by atoms with Crippen molar-refractivity contribution >= 4 is 0 Å². The Labute approximate surface area is 118 Å². The predicted octanol–water partition coefficient (Wildman–Crippen LogP) is 3.28. The zero-order valence-electron chi connectivity index (χ0n) is 11.7. The topological polar surface area (TPSA) is 15.3 Å². The Balaban J connectivity index is 1.91. The van der Waals surface area contributed by atoms with Gasteiger partial charge in [0.1, 0.15) is 0 Å². The van der Waals surface area contributed by atoms with Crippen LogP contribution in [0.2, 0.25) is 0 Å². The van der Waals surface area contributed by atoms with E-state index in [1.54, 1.807) is 12.1 Å². The SMILES string of the molecule is CCN1CCC[C@@H]1CNCc1ccccc1C(F)(F)F. The first kappa shape index (κ1) is 15.3. The van der Waals surface area contributed by atoms with E-state index in [0.29, 0.717) is 11.6 Å². The van der Waals surface area contributed by atoms with Crippen LogP contribution in [0, 0.1) is 0 Å². The molecule has 0 saturated carbocycles. The second kappa shape index (κ2) is 6.59. The highest BCUT2D eigenvalue weighted by Gasteiger charge is 2.32. The fourth-order valence-electron chi connectivity index (χ4n) is 2.87. The molecule has 0 radical (unpaired) electrons. The van der Waals surface area contributed by atoms with Gasteiger partial charge < -0.3 is 5.32 Å². The minimum absolute atomic E-state index is 0.268. The van der Waals surface area contributed by atoms with Gasteiger partial charge in [0.2, 0.25) is 0 Å². The van der Waals surface area contributed by atoms with Crippen LogP contribution in [-0.4, -0.2) is 30.6 Å². The summed E-state index contributed by atoms with van der Waals surface area (Å²) in [6.45, 7) is 5.24. The normalized spacial score (nSPS) is 20.5. The number of nitrogens with one attached hydrogen (secondary N) is 1. The van der Waals surface area contributed by atoms with Crippen molar-refractivity contribution in [1.29, 1.82) is 0 Å². The summed E-state index contributed by atoms with van der Waals surface area (Å²) in [4.78, 5) is 2.38. The van der Waals surface area contributed by atoms with Crippen LogP contribution >= 0.6 is 0 Å². The molecule has 1 saturated heterocycles. The fourth-order valence-corrected chi connectivity index (χ4v) is 2.87. The van der Waals surface area contributed by atoms with Crippen molar-refractivity contribution < 1.29 is 13.2 Å². The minimum Gasteiger partial charge on any atom is -0.311 e. The van der Waals surface area contributed by atoms with Gasteiger partial charge in [-0.15, -0.1) is 0 Å². The van der Waals surface area contributed by atoms with Crippen molar-refractivity contribution in [3.05, 3.63) is 35.4 Å². The summed E-state index contributed by atoms with van der Waals surface area (Å²) in [6.07, 6.45) is -1.97. The number of nitrogens with zero attached hydrogens (tertiary/aromatic N) is 1. The minimum atomic E-state index is -4.28. The first-order chi connectivity index (χ1) is 9.52. The lowest BCUT2D eigenvalue weighted by atomic mass is 10.1. The Morgan fingerprint density at radius 3 is 2.75 bits per heavy atom. The maximum atomic E-state index is 12.9. The highest BCUT2D eigenvalue weighted by Crippen LogP contribution is 2.31. The van der Waals surface area contributed by atoms with Gasteiger partial charge in [0.25, 0.3) is 0 Å². The van der Waals surface area contributed by atoms with Crippen molar-refractivity contribution in [3.63, 3.8) is 0 Å². The summed E-state index contributed by atoms with van der Waals surface area (Å²) in [7, 11) is 0. The Kier molecular flexibility index (Phi) is 5.05. The van der Waals surface area contributed by atoms with Crippen LogP contribution in [0.4, 0.5) is 13.2 Å². The average Bonchev–Trinajstić information content (AvgIpc) is 2.85. The van der Waals surface area contributed by atoms with E-state index in [0.717, 1.165) is 32.1 Å². The molecule has 1 aromatic rings. The van der Waals surface area contributed by atoms with Gasteiger partial charge in [-0.1, -0.05) is 25.1 Å². The summed E-state index contributed by atoms with van der Waals surface area (Å²) in [6, 6.07) is 6.23. The largest absolute Gasteiger partial charge is 0.416 e. The molecule has 0 bridgehead atoms. The Morgan fingerprint density at radius 1 is 1.30 bits per heavy atom. The number of benzene rings is 1. The molecule has 1 atom stereocenters. The standard InChI is InChI=1S/C15H21F3N2/c1-2-20-9-5-7-13(20)11-19-10-12-6-3-4-8-14(12)15(16,17)18/h3-4,6,8,13,19H,2,5,7,9-11H2,1H3/t13-/m1/s1. The molecule has 112 valence electrons. The van der Waals surface area contributed by atoms with Crippen LogP contribution < -0.4 is 5.32 Å². The van der Waals surface area contributed by atoms with Crippen molar-refractivity contribution in [2.24, 2.45) is 0 Å². The summed E-state index contributed by atoms with van der Waals surface area (Å²) < 4.78 is 38.6. The predicted molar refractivity (Wildman–Crippen MR) is 73.4 cm³/mol. The molecule has 20 heavy (non-hydrogen) atoms. The Bertz CT molecular complexity index is 431. The van der Waals surface area contributed by atoms with Crippen LogP contribution in [0.25, 0.3) is 0 Å². The second-order valence-electron chi connectivity index (χ2n) is 5.21. The lowest BCUT2D eigenvalue weighted by Crippen LogP contribution is -2.37. The molecule has 0 unspecified atom stereocenters. The first-order valence-corrected chi connectivity index (χ1v) is 7.12. The van der Waals surface area contributed by atoms with E-state index < -0.39 is 11.7 Å². The molecule has 1 heterocycles. The van der Waals surface area contributed by atoms with E-state index >= 15 is 0 Å². The molecule has 1 aliphatic rings. The number of likely N-dealkylation sites (N-methyl/N-ethyl adjacent to an activating group) is 1. The van der Waals surface area contributed by atoms with E-state index in [9.17, 15) is 13.2 Å². The maximum absolute atomic E-state index is 12.9. The van der Waals surface area contributed by atoms with Gasteiger partial charge >= 0.3 is 6.18 Å². The quantitative estimate of drug-likeness (QED) is 0.893. The van der Waals surface area contributed by atoms with Crippen molar-refractivity contribution in [3.8, 4) is 0 Å². The molecule has 1 aromatic carbocycles. The maximum Gasteiger partial charge on any atom is 0.416 e. The van der Waals surface area contributed by atoms with E-state index in [2.05, 4.69) is 17.1 Å².